The third-order valence-corrected chi connectivity index (χ3v) is 3.37. The second-order valence-electron chi connectivity index (χ2n) is 4.29. The molecule has 0 aliphatic heterocycles. The van der Waals surface area contributed by atoms with Crippen LogP contribution in [0.15, 0.2) is 18.2 Å². The molecule has 0 radical (unpaired) electrons. The molecule has 0 spiro atoms. The number of ketones is 1. The van der Waals surface area contributed by atoms with Crippen molar-refractivity contribution in [2.24, 2.45) is 0 Å². The SMILES string of the molecule is CCN(CC)c1ccc2c(c1)C(=O)CCC2. The predicted octanol–water partition coefficient (Wildman–Crippen LogP) is 3.05. The van der Waals surface area contributed by atoms with Crippen molar-refractivity contribution in [2.75, 3.05) is 18.0 Å². The van der Waals surface area contributed by atoms with Crippen LogP contribution in [0.5, 0.6) is 0 Å². The van der Waals surface area contributed by atoms with E-state index < -0.39 is 0 Å². The number of carbonyl (C=O) groups excluding carboxylic acids is 1. The van der Waals surface area contributed by atoms with Crippen LogP contribution in [0.2, 0.25) is 0 Å². The van der Waals surface area contributed by atoms with Crippen LogP contribution in [-0.2, 0) is 6.42 Å². The third-order valence-electron chi connectivity index (χ3n) is 3.37. The van der Waals surface area contributed by atoms with Crippen molar-refractivity contribution < 1.29 is 4.79 Å². The van der Waals surface area contributed by atoms with E-state index in [9.17, 15) is 4.79 Å². The largest absolute Gasteiger partial charge is 0.372 e. The van der Waals surface area contributed by atoms with Gasteiger partial charge in [0.25, 0.3) is 0 Å². The summed E-state index contributed by atoms with van der Waals surface area (Å²) < 4.78 is 0. The Hall–Kier alpha value is -1.31. The number of fused-ring (bicyclic) bond motifs is 1. The van der Waals surface area contributed by atoms with E-state index >= 15 is 0 Å². The first-order valence-electron chi connectivity index (χ1n) is 6.17. The number of benzene rings is 1. The number of hydrogen-bond donors (Lipinski definition) is 0. The molecule has 0 unspecified atom stereocenters. The van der Waals surface area contributed by atoms with Gasteiger partial charge in [-0.3, -0.25) is 4.79 Å². The zero-order valence-corrected chi connectivity index (χ0v) is 10.1. The fourth-order valence-corrected chi connectivity index (χ4v) is 2.40. The summed E-state index contributed by atoms with van der Waals surface area (Å²) in [6.45, 7) is 6.27. The fourth-order valence-electron chi connectivity index (χ4n) is 2.40. The molecule has 0 fully saturated rings. The Morgan fingerprint density at radius 1 is 1.19 bits per heavy atom. The maximum absolute atomic E-state index is 11.8. The Morgan fingerprint density at radius 3 is 2.62 bits per heavy atom. The summed E-state index contributed by atoms with van der Waals surface area (Å²) in [6.07, 6.45) is 2.78. The summed E-state index contributed by atoms with van der Waals surface area (Å²) in [4.78, 5) is 14.1. The van der Waals surface area contributed by atoms with Crippen molar-refractivity contribution in [1.82, 2.24) is 0 Å². The lowest BCUT2D eigenvalue weighted by molar-refractivity contribution is 0.0972. The summed E-state index contributed by atoms with van der Waals surface area (Å²) in [6, 6.07) is 6.34. The lowest BCUT2D eigenvalue weighted by Gasteiger charge is -2.23. The van der Waals surface area contributed by atoms with Gasteiger partial charge in [-0.25, -0.2) is 0 Å². The predicted molar refractivity (Wildman–Crippen MR) is 67.3 cm³/mol. The average Bonchev–Trinajstić information content (AvgIpc) is 2.32. The van der Waals surface area contributed by atoms with Crippen molar-refractivity contribution >= 4 is 11.5 Å². The molecule has 2 rings (SSSR count). The third kappa shape index (κ3) is 1.97. The van der Waals surface area contributed by atoms with Crippen LogP contribution < -0.4 is 4.90 Å². The molecule has 0 amide bonds. The Labute approximate surface area is 97.3 Å². The minimum atomic E-state index is 0.315. The molecule has 1 aliphatic carbocycles. The van der Waals surface area contributed by atoms with Gasteiger partial charge >= 0.3 is 0 Å². The molecule has 1 aromatic carbocycles. The first-order valence-corrected chi connectivity index (χ1v) is 6.17. The van der Waals surface area contributed by atoms with Gasteiger partial charge in [0.15, 0.2) is 5.78 Å². The summed E-state index contributed by atoms with van der Waals surface area (Å²) >= 11 is 0. The maximum Gasteiger partial charge on any atom is 0.163 e. The fraction of sp³-hybridized carbons (Fsp3) is 0.500. The van der Waals surface area contributed by atoms with Crippen LogP contribution in [0.4, 0.5) is 5.69 Å². The van der Waals surface area contributed by atoms with Crippen molar-refractivity contribution in [3.63, 3.8) is 0 Å². The van der Waals surface area contributed by atoms with Gasteiger partial charge in [-0.05, 0) is 44.4 Å². The van der Waals surface area contributed by atoms with Crippen LogP contribution in [0.1, 0.15) is 42.6 Å². The molecule has 0 saturated carbocycles. The molecule has 1 aromatic rings. The normalized spacial score (nSPS) is 14.8. The summed E-state index contributed by atoms with van der Waals surface area (Å²) in [5, 5.41) is 0. The van der Waals surface area contributed by atoms with Crippen molar-refractivity contribution in [2.45, 2.75) is 33.1 Å². The van der Waals surface area contributed by atoms with Crippen LogP contribution in [-0.4, -0.2) is 18.9 Å². The summed E-state index contributed by atoms with van der Waals surface area (Å²) in [7, 11) is 0. The van der Waals surface area contributed by atoms with Gasteiger partial charge in [0.1, 0.15) is 0 Å². The number of anilines is 1. The molecule has 0 N–H and O–H groups in total. The molecule has 1 aliphatic rings. The maximum atomic E-state index is 11.8. The van der Waals surface area contributed by atoms with Gasteiger partial charge in [-0.1, -0.05) is 6.07 Å². The minimum Gasteiger partial charge on any atom is -0.372 e. The average molecular weight is 217 g/mol. The van der Waals surface area contributed by atoms with Crippen LogP contribution in [0.3, 0.4) is 0 Å². The number of nitrogens with zero attached hydrogens (tertiary/aromatic N) is 1. The van der Waals surface area contributed by atoms with Crippen LogP contribution in [0, 0.1) is 0 Å². The summed E-state index contributed by atoms with van der Waals surface area (Å²) in [5.41, 5.74) is 3.36. The van der Waals surface area contributed by atoms with Crippen LogP contribution in [0.25, 0.3) is 0 Å². The van der Waals surface area contributed by atoms with Gasteiger partial charge in [-0.2, -0.15) is 0 Å². The Balaban J connectivity index is 2.37. The lowest BCUT2D eigenvalue weighted by Crippen LogP contribution is -2.22. The highest BCUT2D eigenvalue weighted by Gasteiger charge is 2.17. The van der Waals surface area contributed by atoms with E-state index in [0.29, 0.717) is 12.2 Å². The molecule has 0 bridgehead atoms. The highest BCUT2D eigenvalue weighted by Crippen LogP contribution is 2.26. The molecule has 16 heavy (non-hydrogen) atoms. The van der Waals surface area contributed by atoms with E-state index in [4.69, 9.17) is 0 Å². The van der Waals surface area contributed by atoms with Crippen LogP contribution >= 0.6 is 0 Å². The highest BCUT2D eigenvalue weighted by atomic mass is 16.1. The molecular weight excluding hydrogens is 198 g/mol. The quantitative estimate of drug-likeness (QED) is 0.775. The molecular formula is C14H19NO. The minimum absolute atomic E-state index is 0.315. The zero-order chi connectivity index (χ0) is 11.5. The van der Waals surface area contributed by atoms with Crippen molar-refractivity contribution in [1.29, 1.82) is 0 Å². The van der Waals surface area contributed by atoms with Gasteiger partial charge in [0.05, 0.1) is 0 Å². The van der Waals surface area contributed by atoms with Gasteiger partial charge < -0.3 is 4.90 Å². The second kappa shape index (κ2) is 4.69. The topological polar surface area (TPSA) is 20.3 Å². The molecule has 2 nitrogen and oxygen atoms in total. The number of rotatable bonds is 3. The van der Waals surface area contributed by atoms with E-state index in [0.717, 1.165) is 31.5 Å². The first kappa shape index (κ1) is 11.2. The van der Waals surface area contributed by atoms with Gasteiger partial charge in [-0.15, -0.1) is 0 Å². The number of hydrogen-bond acceptors (Lipinski definition) is 2. The first-order chi connectivity index (χ1) is 7.76. The number of carbonyl (C=O) groups is 1. The molecule has 0 heterocycles. The van der Waals surface area contributed by atoms with Gasteiger partial charge in [0, 0.05) is 30.8 Å². The monoisotopic (exact) mass is 217 g/mol. The molecule has 0 saturated heterocycles. The molecule has 2 heteroatoms. The Morgan fingerprint density at radius 2 is 1.94 bits per heavy atom. The van der Waals surface area contributed by atoms with E-state index in [1.165, 1.54) is 11.3 Å². The summed E-state index contributed by atoms with van der Waals surface area (Å²) in [5.74, 6) is 0.315. The number of aryl methyl sites for hydroxylation is 1. The molecule has 0 aromatic heterocycles. The Bertz CT molecular complexity index is 394. The van der Waals surface area contributed by atoms with E-state index in [2.05, 4.69) is 36.9 Å². The Kier molecular flexibility index (Phi) is 3.28. The lowest BCUT2D eigenvalue weighted by atomic mass is 9.90. The van der Waals surface area contributed by atoms with E-state index in [1.54, 1.807) is 0 Å². The van der Waals surface area contributed by atoms with Crippen molar-refractivity contribution in [3.05, 3.63) is 29.3 Å². The van der Waals surface area contributed by atoms with E-state index in [1.807, 2.05) is 0 Å². The second-order valence-corrected chi connectivity index (χ2v) is 4.29. The molecule has 0 atom stereocenters. The molecule has 86 valence electrons. The van der Waals surface area contributed by atoms with Crippen molar-refractivity contribution in [3.8, 4) is 0 Å². The zero-order valence-electron chi connectivity index (χ0n) is 10.1. The smallest absolute Gasteiger partial charge is 0.163 e. The standard InChI is InChI=1S/C14H19NO/c1-3-15(4-2)12-9-8-11-6-5-7-14(16)13(11)10-12/h8-10H,3-7H2,1-2H3. The van der Waals surface area contributed by atoms with Gasteiger partial charge in [0.2, 0.25) is 0 Å². The highest BCUT2D eigenvalue weighted by molar-refractivity contribution is 5.99. The van der Waals surface area contributed by atoms with E-state index in [-0.39, 0.29) is 0 Å². The number of Topliss-reactive ketones (excluding diaryl/α,β-unsaturated/α-hetero) is 1.